The van der Waals surface area contributed by atoms with Crippen molar-refractivity contribution in [3.8, 4) is 0 Å². The fourth-order valence-corrected chi connectivity index (χ4v) is 0.868. The van der Waals surface area contributed by atoms with Gasteiger partial charge in [0.15, 0.2) is 5.84 Å². The summed E-state index contributed by atoms with van der Waals surface area (Å²) < 4.78 is 1.73. The molecule has 1 heterocycles. The van der Waals surface area contributed by atoms with E-state index in [1.54, 1.807) is 16.9 Å². The Morgan fingerprint density at radius 1 is 1.82 bits per heavy atom. The lowest BCUT2D eigenvalue weighted by molar-refractivity contribution is 0.653. The maximum absolute atomic E-state index is 5.48. The van der Waals surface area contributed by atoms with Gasteiger partial charge in [-0.3, -0.25) is 4.68 Å². The van der Waals surface area contributed by atoms with E-state index in [2.05, 4.69) is 10.2 Å². The van der Waals surface area contributed by atoms with Crippen LogP contribution in [0.3, 0.4) is 0 Å². The van der Waals surface area contributed by atoms with Gasteiger partial charge in [-0.05, 0) is 13.0 Å². The molecule has 0 spiro atoms. The molecule has 4 N–H and O–H groups in total. The summed E-state index contributed by atoms with van der Waals surface area (Å²) in [5.41, 5.74) is 6.24. The summed E-state index contributed by atoms with van der Waals surface area (Å²) in [6, 6.07) is 1.77. The quantitative estimate of drug-likeness (QED) is 0.259. The molecule has 11 heavy (non-hydrogen) atoms. The third-order valence-corrected chi connectivity index (χ3v) is 1.42. The van der Waals surface area contributed by atoms with Crippen LogP contribution in [0.4, 0.5) is 0 Å². The average molecular weight is 153 g/mol. The fourth-order valence-electron chi connectivity index (χ4n) is 0.868. The van der Waals surface area contributed by atoms with E-state index in [9.17, 15) is 0 Å². The van der Waals surface area contributed by atoms with Gasteiger partial charge in [0.05, 0.1) is 0 Å². The first-order chi connectivity index (χ1) is 5.29. The highest BCUT2D eigenvalue weighted by molar-refractivity contribution is 5.95. The fraction of sp³-hybridized carbons (Fsp3) is 0.333. The highest BCUT2D eigenvalue weighted by Gasteiger charge is 2.03. The number of aryl methyl sites for hydroxylation is 1. The van der Waals surface area contributed by atoms with E-state index < -0.39 is 0 Å². The Morgan fingerprint density at radius 2 is 2.55 bits per heavy atom. The van der Waals surface area contributed by atoms with Crippen LogP contribution < -0.4 is 11.6 Å². The molecule has 5 heteroatoms. The second-order valence-electron chi connectivity index (χ2n) is 2.05. The van der Waals surface area contributed by atoms with Crippen LogP contribution in [0.15, 0.2) is 17.4 Å². The second-order valence-corrected chi connectivity index (χ2v) is 2.05. The number of aromatic nitrogens is 2. The van der Waals surface area contributed by atoms with Crippen molar-refractivity contribution < 1.29 is 0 Å². The Labute approximate surface area is 64.7 Å². The van der Waals surface area contributed by atoms with Gasteiger partial charge in [-0.25, -0.2) is 0 Å². The third-order valence-electron chi connectivity index (χ3n) is 1.42. The molecule has 1 aromatic rings. The molecule has 0 bridgehead atoms. The van der Waals surface area contributed by atoms with Crippen molar-refractivity contribution in [3.63, 3.8) is 0 Å². The van der Waals surface area contributed by atoms with Crippen LogP contribution in [0.25, 0.3) is 0 Å². The molecule has 0 radical (unpaired) electrons. The molecule has 0 saturated carbocycles. The minimum absolute atomic E-state index is 0.310. The second kappa shape index (κ2) is 3.05. The Kier molecular flexibility index (Phi) is 2.10. The molecular formula is C6H11N5. The molecule has 1 aromatic heterocycles. The lowest BCUT2D eigenvalue weighted by Gasteiger charge is -2.01. The van der Waals surface area contributed by atoms with Crippen LogP contribution in [0.1, 0.15) is 12.6 Å². The van der Waals surface area contributed by atoms with Crippen LogP contribution >= 0.6 is 0 Å². The summed E-state index contributed by atoms with van der Waals surface area (Å²) in [5, 5.41) is 7.38. The number of hydrazone groups is 1. The number of rotatable bonds is 2. The summed E-state index contributed by atoms with van der Waals surface area (Å²) in [4.78, 5) is 0. The number of nitrogens with two attached hydrogens (primary N) is 2. The predicted octanol–water partition coefficient (Wildman–Crippen LogP) is -0.518. The first kappa shape index (κ1) is 7.59. The van der Waals surface area contributed by atoms with Gasteiger partial charge in [-0.2, -0.15) is 10.2 Å². The van der Waals surface area contributed by atoms with Gasteiger partial charge in [0.1, 0.15) is 5.69 Å². The van der Waals surface area contributed by atoms with Gasteiger partial charge in [0.25, 0.3) is 0 Å². The smallest absolute Gasteiger partial charge is 0.168 e. The van der Waals surface area contributed by atoms with E-state index in [0.29, 0.717) is 5.84 Å². The molecule has 0 unspecified atom stereocenters. The maximum atomic E-state index is 5.48. The topological polar surface area (TPSA) is 82.2 Å². The van der Waals surface area contributed by atoms with Gasteiger partial charge < -0.3 is 11.6 Å². The number of amidine groups is 1. The molecular weight excluding hydrogens is 142 g/mol. The lowest BCUT2D eigenvalue weighted by Crippen LogP contribution is -2.20. The minimum atomic E-state index is 0.310. The van der Waals surface area contributed by atoms with Crippen LogP contribution in [-0.2, 0) is 6.54 Å². The minimum Gasteiger partial charge on any atom is -0.381 e. The zero-order valence-corrected chi connectivity index (χ0v) is 6.36. The van der Waals surface area contributed by atoms with Crippen LogP contribution in [0.2, 0.25) is 0 Å². The molecule has 1 rings (SSSR count). The van der Waals surface area contributed by atoms with Crippen LogP contribution in [0.5, 0.6) is 0 Å². The Bertz CT molecular complexity index is 262. The summed E-state index contributed by atoms with van der Waals surface area (Å²) in [5.74, 6) is 5.32. The SMILES string of the molecule is CCn1nccc1/C(N)=N/N. The van der Waals surface area contributed by atoms with Gasteiger partial charge in [0, 0.05) is 12.7 Å². The van der Waals surface area contributed by atoms with Crippen LogP contribution in [-0.4, -0.2) is 15.6 Å². The molecule has 0 amide bonds. The highest BCUT2D eigenvalue weighted by Crippen LogP contribution is 1.96. The number of hydrogen-bond donors (Lipinski definition) is 2. The van der Waals surface area contributed by atoms with E-state index in [4.69, 9.17) is 11.6 Å². The van der Waals surface area contributed by atoms with E-state index in [1.165, 1.54) is 0 Å². The van der Waals surface area contributed by atoms with Crippen LogP contribution in [0, 0.1) is 0 Å². The Morgan fingerprint density at radius 3 is 3.09 bits per heavy atom. The summed E-state index contributed by atoms with van der Waals surface area (Å²) in [6.07, 6.45) is 1.66. The number of hydrogen-bond acceptors (Lipinski definition) is 3. The monoisotopic (exact) mass is 153 g/mol. The largest absolute Gasteiger partial charge is 0.381 e. The van der Waals surface area contributed by atoms with Gasteiger partial charge in [-0.1, -0.05) is 0 Å². The van der Waals surface area contributed by atoms with E-state index in [-0.39, 0.29) is 0 Å². The summed E-state index contributed by atoms with van der Waals surface area (Å²) >= 11 is 0. The average Bonchev–Trinajstić information content (AvgIpc) is 2.50. The first-order valence-corrected chi connectivity index (χ1v) is 3.35. The predicted molar refractivity (Wildman–Crippen MR) is 42.8 cm³/mol. The molecule has 0 aliphatic rings. The van der Waals surface area contributed by atoms with Gasteiger partial charge in [0.2, 0.25) is 0 Å². The molecule has 0 aliphatic heterocycles. The van der Waals surface area contributed by atoms with Crippen molar-refractivity contribution in [2.45, 2.75) is 13.5 Å². The van der Waals surface area contributed by atoms with E-state index in [0.717, 1.165) is 12.2 Å². The molecule has 0 atom stereocenters. The summed E-state index contributed by atoms with van der Waals surface area (Å²) in [7, 11) is 0. The lowest BCUT2D eigenvalue weighted by atomic mass is 10.4. The first-order valence-electron chi connectivity index (χ1n) is 3.35. The molecule has 0 aromatic carbocycles. The van der Waals surface area contributed by atoms with Crippen molar-refractivity contribution in [3.05, 3.63) is 18.0 Å². The van der Waals surface area contributed by atoms with Gasteiger partial charge in [-0.15, -0.1) is 0 Å². The molecule has 0 aliphatic carbocycles. The summed E-state index contributed by atoms with van der Waals surface area (Å²) in [6.45, 7) is 2.73. The maximum Gasteiger partial charge on any atom is 0.168 e. The zero-order valence-electron chi connectivity index (χ0n) is 6.36. The normalized spacial score (nSPS) is 11.9. The molecule has 60 valence electrons. The molecule has 5 nitrogen and oxygen atoms in total. The van der Waals surface area contributed by atoms with Gasteiger partial charge >= 0.3 is 0 Å². The third kappa shape index (κ3) is 1.31. The Hall–Kier alpha value is -1.52. The Balaban J connectivity index is 3.02. The van der Waals surface area contributed by atoms with Crippen molar-refractivity contribution in [2.75, 3.05) is 0 Å². The zero-order chi connectivity index (χ0) is 8.27. The van der Waals surface area contributed by atoms with E-state index in [1.807, 2.05) is 6.92 Å². The van der Waals surface area contributed by atoms with E-state index >= 15 is 0 Å². The highest BCUT2D eigenvalue weighted by atomic mass is 15.3. The van der Waals surface area contributed by atoms with Crippen molar-refractivity contribution in [1.29, 1.82) is 0 Å². The number of nitrogens with zero attached hydrogens (tertiary/aromatic N) is 3. The molecule has 0 fully saturated rings. The van der Waals surface area contributed by atoms with Crippen molar-refractivity contribution in [1.82, 2.24) is 9.78 Å². The van der Waals surface area contributed by atoms with Crippen molar-refractivity contribution in [2.24, 2.45) is 16.7 Å². The van der Waals surface area contributed by atoms with Crippen molar-refractivity contribution >= 4 is 5.84 Å². The standard InChI is InChI=1S/C6H11N5/c1-2-11-5(3-4-9-11)6(7)10-8/h3-4H,2,8H2,1H3,(H2,7,10). The molecule has 0 saturated heterocycles.